The number of hydrogen-bond acceptors (Lipinski definition) is 2. The number of urea groups is 1. The molecule has 0 aromatic heterocycles. The molecule has 2 N–H and O–H groups in total. The monoisotopic (exact) mass is 346 g/mol. The average molecular weight is 347 g/mol. The Morgan fingerprint density at radius 2 is 1.92 bits per heavy atom. The highest BCUT2D eigenvalue weighted by atomic mass is 35.5. The highest BCUT2D eigenvalue weighted by Crippen LogP contribution is 2.26. The number of rotatable bonds is 6. The quantitative estimate of drug-likeness (QED) is 0.802. The third-order valence-corrected chi connectivity index (χ3v) is 3.90. The van der Waals surface area contributed by atoms with E-state index in [4.69, 9.17) is 16.3 Å². The number of aryl methyl sites for hydroxylation is 1. The van der Waals surface area contributed by atoms with E-state index in [1.54, 1.807) is 12.1 Å². The average Bonchev–Trinajstić information content (AvgIpc) is 2.56. The number of halogens is 1. The van der Waals surface area contributed by atoms with E-state index in [1.165, 1.54) is 0 Å². The molecule has 24 heavy (non-hydrogen) atoms. The van der Waals surface area contributed by atoms with Crippen molar-refractivity contribution in [2.24, 2.45) is 0 Å². The number of hydrogen-bond donors (Lipinski definition) is 2. The van der Waals surface area contributed by atoms with Gasteiger partial charge in [0.25, 0.3) is 0 Å². The molecular formula is C19H23ClN2O2. The van der Waals surface area contributed by atoms with Crippen LogP contribution in [0.4, 0.5) is 4.79 Å². The van der Waals surface area contributed by atoms with E-state index in [9.17, 15) is 4.79 Å². The molecule has 0 saturated carbocycles. The summed E-state index contributed by atoms with van der Waals surface area (Å²) in [5.74, 6) is 0.800. The topological polar surface area (TPSA) is 50.4 Å². The van der Waals surface area contributed by atoms with Crippen molar-refractivity contribution < 1.29 is 9.53 Å². The molecule has 0 aliphatic carbocycles. The molecule has 2 aromatic rings. The zero-order chi connectivity index (χ0) is 17.5. The first-order valence-corrected chi connectivity index (χ1v) is 8.39. The van der Waals surface area contributed by atoms with Crippen molar-refractivity contribution in [1.82, 2.24) is 10.6 Å². The van der Waals surface area contributed by atoms with Crippen LogP contribution in [0.5, 0.6) is 5.75 Å². The van der Waals surface area contributed by atoms with Crippen LogP contribution < -0.4 is 15.4 Å². The van der Waals surface area contributed by atoms with Crippen LogP contribution in [0, 0.1) is 6.92 Å². The second-order valence-corrected chi connectivity index (χ2v) is 6.09. The SMILES string of the molecule is CCOc1ccc(C)cc1C(C)NC(=O)NCc1ccc(Cl)cc1. The highest BCUT2D eigenvalue weighted by Gasteiger charge is 2.14. The maximum Gasteiger partial charge on any atom is 0.315 e. The van der Waals surface area contributed by atoms with E-state index in [0.29, 0.717) is 18.2 Å². The smallest absolute Gasteiger partial charge is 0.315 e. The maximum absolute atomic E-state index is 12.1. The first-order chi connectivity index (χ1) is 11.5. The Bertz CT molecular complexity index is 686. The van der Waals surface area contributed by atoms with Gasteiger partial charge in [-0.1, -0.05) is 41.4 Å². The standard InChI is InChI=1S/C19H23ClN2O2/c1-4-24-18-10-5-13(2)11-17(18)14(3)22-19(23)21-12-15-6-8-16(20)9-7-15/h5-11,14H,4,12H2,1-3H3,(H2,21,22,23). The fourth-order valence-electron chi connectivity index (χ4n) is 2.40. The molecule has 0 aliphatic rings. The Balaban J connectivity index is 1.96. The normalized spacial score (nSPS) is 11.7. The van der Waals surface area contributed by atoms with Crippen molar-refractivity contribution in [3.05, 3.63) is 64.2 Å². The van der Waals surface area contributed by atoms with Gasteiger partial charge in [-0.25, -0.2) is 4.79 Å². The summed E-state index contributed by atoms with van der Waals surface area (Å²) in [4.78, 5) is 12.1. The Hall–Kier alpha value is -2.20. The molecule has 0 bridgehead atoms. The molecular weight excluding hydrogens is 324 g/mol. The molecule has 0 radical (unpaired) electrons. The molecule has 0 saturated heterocycles. The first-order valence-electron chi connectivity index (χ1n) is 8.01. The van der Waals surface area contributed by atoms with Crippen molar-refractivity contribution in [3.8, 4) is 5.75 Å². The minimum Gasteiger partial charge on any atom is -0.494 e. The predicted octanol–water partition coefficient (Wildman–Crippen LogP) is 4.61. The lowest BCUT2D eigenvalue weighted by Gasteiger charge is -2.19. The largest absolute Gasteiger partial charge is 0.494 e. The first kappa shape index (κ1) is 18.1. The predicted molar refractivity (Wildman–Crippen MR) is 97.6 cm³/mol. The lowest BCUT2D eigenvalue weighted by atomic mass is 10.0. The molecule has 2 aromatic carbocycles. The number of nitrogens with one attached hydrogen (secondary N) is 2. The van der Waals surface area contributed by atoms with E-state index >= 15 is 0 Å². The summed E-state index contributed by atoms with van der Waals surface area (Å²) >= 11 is 5.85. The Morgan fingerprint density at radius 3 is 2.58 bits per heavy atom. The summed E-state index contributed by atoms with van der Waals surface area (Å²) in [6, 6.07) is 13.0. The van der Waals surface area contributed by atoms with Gasteiger partial charge in [-0.2, -0.15) is 0 Å². The van der Waals surface area contributed by atoms with Crippen LogP contribution in [-0.4, -0.2) is 12.6 Å². The van der Waals surface area contributed by atoms with Gasteiger partial charge in [-0.3, -0.25) is 0 Å². The molecule has 0 fully saturated rings. The summed E-state index contributed by atoms with van der Waals surface area (Å²) in [6.07, 6.45) is 0. The summed E-state index contributed by atoms with van der Waals surface area (Å²) in [7, 11) is 0. The third kappa shape index (κ3) is 5.17. The minimum absolute atomic E-state index is 0.156. The molecule has 4 nitrogen and oxygen atoms in total. The molecule has 1 unspecified atom stereocenters. The number of amides is 2. The van der Waals surface area contributed by atoms with Gasteiger partial charge in [0.15, 0.2) is 0 Å². The van der Waals surface area contributed by atoms with Gasteiger partial charge < -0.3 is 15.4 Å². The lowest BCUT2D eigenvalue weighted by molar-refractivity contribution is 0.237. The van der Waals surface area contributed by atoms with Crippen molar-refractivity contribution in [2.45, 2.75) is 33.4 Å². The van der Waals surface area contributed by atoms with Gasteiger partial charge in [0.05, 0.1) is 12.6 Å². The minimum atomic E-state index is -0.221. The summed E-state index contributed by atoms with van der Waals surface area (Å²) in [5.41, 5.74) is 3.09. The second kappa shape index (κ2) is 8.60. The molecule has 2 rings (SSSR count). The van der Waals surface area contributed by atoms with Crippen LogP contribution in [0.2, 0.25) is 5.02 Å². The molecule has 5 heteroatoms. The zero-order valence-corrected chi connectivity index (χ0v) is 15.0. The van der Waals surface area contributed by atoms with Crippen LogP contribution in [0.1, 0.15) is 36.6 Å². The summed E-state index contributed by atoms with van der Waals surface area (Å²) < 4.78 is 5.65. The maximum atomic E-state index is 12.1. The number of carbonyl (C=O) groups excluding carboxylic acids is 1. The molecule has 1 atom stereocenters. The van der Waals surface area contributed by atoms with Crippen LogP contribution >= 0.6 is 11.6 Å². The van der Waals surface area contributed by atoms with Crippen molar-refractivity contribution in [3.63, 3.8) is 0 Å². The molecule has 0 heterocycles. The van der Waals surface area contributed by atoms with Crippen LogP contribution in [0.3, 0.4) is 0 Å². The van der Waals surface area contributed by atoms with E-state index in [2.05, 4.69) is 10.6 Å². The fraction of sp³-hybridized carbons (Fsp3) is 0.316. The van der Waals surface area contributed by atoms with Gasteiger partial charge in [0.2, 0.25) is 0 Å². The highest BCUT2D eigenvalue weighted by molar-refractivity contribution is 6.30. The van der Waals surface area contributed by atoms with Crippen LogP contribution in [0.15, 0.2) is 42.5 Å². The van der Waals surface area contributed by atoms with Crippen molar-refractivity contribution in [1.29, 1.82) is 0 Å². The second-order valence-electron chi connectivity index (χ2n) is 5.65. The van der Waals surface area contributed by atoms with Gasteiger partial charge in [0.1, 0.15) is 5.75 Å². The van der Waals surface area contributed by atoms with E-state index in [-0.39, 0.29) is 12.1 Å². The Labute approximate surface area is 148 Å². The van der Waals surface area contributed by atoms with Crippen LogP contribution in [0.25, 0.3) is 0 Å². The summed E-state index contributed by atoms with van der Waals surface area (Å²) in [5, 5.41) is 6.48. The van der Waals surface area contributed by atoms with Gasteiger partial charge >= 0.3 is 6.03 Å². The van der Waals surface area contributed by atoms with Crippen LogP contribution in [-0.2, 0) is 6.54 Å². The zero-order valence-electron chi connectivity index (χ0n) is 14.2. The Kier molecular flexibility index (Phi) is 6.50. The molecule has 2 amide bonds. The molecule has 128 valence electrons. The van der Waals surface area contributed by atoms with Crippen molar-refractivity contribution in [2.75, 3.05) is 6.61 Å². The van der Waals surface area contributed by atoms with Gasteiger partial charge in [-0.05, 0) is 44.5 Å². The lowest BCUT2D eigenvalue weighted by Crippen LogP contribution is -2.36. The van der Waals surface area contributed by atoms with E-state index < -0.39 is 0 Å². The summed E-state index contributed by atoms with van der Waals surface area (Å²) in [6.45, 7) is 6.94. The Morgan fingerprint density at radius 1 is 1.21 bits per heavy atom. The number of ether oxygens (including phenoxy) is 1. The van der Waals surface area contributed by atoms with Crippen molar-refractivity contribution >= 4 is 17.6 Å². The molecule has 0 aliphatic heterocycles. The number of benzene rings is 2. The van der Waals surface area contributed by atoms with E-state index in [0.717, 1.165) is 22.4 Å². The third-order valence-electron chi connectivity index (χ3n) is 3.65. The van der Waals surface area contributed by atoms with Gasteiger partial charge in [0, 0.05) is 17.1 Å². The molecule has 0 spiro atoms. The number of carbonyl (C=O) groups is 1. The van der Waals surface area contributed by atoms with Gasteiger partial charge in [-0.15, -0.1) is 0 Å². The fourth-order valence-corrected chi connectivity index (χ4v) is 2.53. The van der Waals surface area contributed by atoms with E-state index in [1.807, 2.05) is 51.1 Å².